The quantitative estimate of drug-likeness (QED) is 0.795. The second kappa shape index (κ2) is 4.66. The number of nitrogens with zero attached hydrogens (tertiary/aromatic N) is 1. The molecule has 2 nitrogen and oxygen atoms in total. The molecule has 1 saturated carbocycles. The molecule has 1 heterocycles. The Morgan fingerprint density at radius 3 is 1.88 bits per heavy atom. The molecule has 2 N–H and O–H groups in total. The Morgan fingerprint density at radius 1 is 1.00 bits per heavy atom. The lowest BCUT2D eigenvalue weighted by Gasteiger charge is -2.54. The van der Waals surface area contributed by atoms with Crippen molar-refractivity contribution in [3.05, 3.63) is 0 Å². The van der Waals surface area contributed by atoms with E-state index in [4.69, 9.17) is 5.73 Å². The van der Waals surface area contributed by atoms with Gasteiger partial charge in [-0.15, -0.1) is 0 Å². The van der Waals surface area contributed by atoms with Gasteiger partial charge in [0.05, 0.1) is 0 Å². The minimum Gasteiger partial charge on any atom is -0.329 e. The number of likely N-dealkylation sites (tertiary alicyclic amines) is 1. The van der Waals surface area contributed by atoms with Gasteiger partial charge in [-0.05, 0) is 50.6 Å². The number of hydrogen-bond acceptors (Lipinski definition) is 2. The van der Waals surface area contributed by atoms with Crippen LogP contribution in [0.5, 0.6) is 0 Å². The fraction of sp³-hybridized carbons (Fsp3) is 1.00. The third-order valence-electron chi connectivity index (χ3n) is 5.66. The Labute approximate surface area is 101 Å². The van der Waals surface area contributed by atoms with Crippen molar-refractivity contribution >= 4 is 0 Å². The van der Waals surface area contributed by atoms with Crippen LogP contribution in [0.4, 0.5) is 0 Å². The van der Waals surface area contributed by atoms with E-state index in [1.807, 2.05) is 0 Å². The number of piperidine rings is 1. The zero-order chi connectivity index (χ0) is 11.6. The summed E-state index contributed by atoms with van der Waals surface area (Å²) in [5.41, 5.74) is 7.05. The average Bonchev–Trinajstić information content (AvgIpc) is 2.30. The third-order valence-corrected chi connectivity index (χ3v) is 5.66. The van der Waals surface area contributed by atoms with Gasteiger partial charge in [-0.2, -0.15) is 0 Å². The molecule has 0 atom stereocenters. The van der Waals surface area contributed by atoms with E-state index in [2.05, 4.69) is 18.7 Å². The maximum Gasteiger partial charge on any atom is 0.0331 e. The first-order chi connectivity index (χ1) is 7.70. The van der Waals surface area contributed by atoms with E-state index >= 15 is 0 Å². The van der Waals surface area contributed by atoms with Crippen molar-refractivity contribution in [3.8, 4) is 0 Å². The van der Waals surface area contributed by atoms with E-state index in [1.54, 1.807) is 0 Å². The molecule has 1 aliphatic carbocycles. The molecule has 1 saturated heterocycles. The highest BCUT2D eigenvalue weighted by Crippen LogP contribution is 2.44. The molecule has 0 aromatic heterocycles. The summed E-state index contributed by atoms with van der Waals surface area (Å²) in [6.07, 6.45) is 9.56. The summed E-state index contributed by atoms with van der Waals surface area (Å²) >= 11 is 0. The lowest BCUT2D eigenvalue weighted by atomic mass is 9.70. The standard InChI is InChI=1S/C14H28N2/c1-3-13(4-2)8-10-16(11-9-13)14(12-15)6-5-7-14/h3-12,15H2,1-2H3. The zero-order valence-corrected chi connectivity index (χ0v) is 11.1. The molecule has 0 amide bonds. The summed E-state index contributed by atoms with van der Waals surface area (Å²) in [6, 6.07) is 0. The fourth-order valence-electron chi connectivity index (χ4n) is 3.65. The topological polar surface area (TPSA) is 29.3 Å². The normalized spacial score (nSPS) is 28.7. The van der Waals surface area contributed by atoms with Gasteiger partial charge >= 0.3 is 0 Å². The second-order valence-corrected chi connectivity index (χ2v) is 5.98. The van der Waals surface area contributed by atoms with Crippen molar-refractivity contribution < 1.29 is 0 Å². The van der Waals surface area contributed by atoms with Gasteiger partial charge in [0.25, 0.3) is 0 Å². The van der Waals surface area contributed by atoms with Gasteiger partial charge in [0.2, 0.25) is 0 Å². The van der Waals surface area contributed by atoms with E-state index in [9.17, 15) is 0 Å². The molecule has 0 bridgehead atoms. The molecule has 0 aromatic rings. The molecule has 2 aliphatic rings. The van der Waals surface area contributed by atoms with Crippen LogP contribution in [0.2, 0.25) is 0 Å². The van der Waals surface area contributed by atoms with Crippen molar-refractivity contribution in [1.82, 2.24) is 4.90 Å². The maximum atomic E-state index is 5.99. The lowest BCUT2D eigenvalue weighted by molar-refractivity contribution is -0.0259. The van der Waals surface area contributed by atoms with E-state index in [1.165, 1.54) is 58.0 Å². The molecular formula is C14H28N2. The second-order valence-electron chi connectivity index (χ2n) is 5.98. The molecule has 1 aliphatic heterocycles. The number of hydrogen-bond donors (Lipinski definition) is 1. The van der Waals surface area contributed by atoms with Crippen molar-refractivity contribution in [3.63, 3.8) is 0 Å². The minimum absolute atomic E-state index is 0.410. The highest BCUT2D eigenvalue weighted by molar-refractivity contribution is 5.01. The Bertz CT molecular complexity index is 213. The predicted molar refractivity (Wildman–Crippen MR) is 69.5 cm³/mol. The highest BCUT2D eigenvalue weighted by Gasteiger charge is 2.44. The van der Waals surface area contributed by atoms with Crippen LogP contribution in [-0.4, -0.2) is 30.1 Å². The Balaban J connectivity index is 1.94. The van der Waals surface area contributed by atoms with Gasteiger partial charge in [0.15, 0.2) is 0 Å². The largest absolute Gasteiger partial charge is 0.329 e. The van der Waals surface area contributed by atoms with E-state index in [-0.39, 0.29) is 0 Å². The van der Waals surface area contributed by atoms with Crippen molar-refractivity contribution in [2.24, 2.45) is 11.1 Å². The average molecular weight is 224 g/mol. The molecule has 0 unspecified atom stereocenters. The summed E-state index contributed by atoms with van der Waals surface area (Å²) in [5, 5.41) is 0. The summed E-state index contributed by atoms with van der Waals surface area (Å²) in [5.74, 6) is 0. The summed E-state index contributed by atoms with van der Waals surface area (Å²) in [4.78, 5) is 2.71. The predicted octanol–water partition coefficient (Wildman–Crippen LogP) is 2.77. The molecule has 94 valence electrons. The Morgan fingerprint density at radius 2 is 1.56 bits per heavy atom. The van der Waals surface area contributed by atoms with Crippen LogP contribution >= 0.6 is 0 Å². The van der Waals surface area contributed by atoms with Crippen LogP contribution < -0.4 is 5.73 Å². The van der Waals surface area contributed by atoms with Crippen molar-refractivity contribution in [2.45, 2.75) is 64.3 Å². The van der Waals surface area contributed by atoms with Gasteiger partial charge < -0.3 is 5.73 Å². The summed E-state index contributed by atoms with van der Waals surface area (Å²) in [7, 11) is 0. The van der Waals surface area contributed by atoms with Crippen LogP contribution in [0.1, 0.15) is 58.8 Å². The van der Waals surface area contributed by atoms with Crippen LogP contribution in [0.15, 0.2) is 0 Å². The Kier molecular flexibility index (Phi) is 3.60. The van der Waals surface area contributed by atoms with Crippen LogP contribution in [0, 0.1) is 5.41 Å². The first-order valence-corrected chi connectivity index (χ1v) is 7.15. The van der Waals surface area contributed by atoms with Gasteiger partial charge in [0.1, 0.15) is 0 Å². The molecule has 2 fully saturated rings. The molecule has 0 spiro atoms. The van der Waals surface area contributed by atoms with Crippen molar-refractivity contribution in [1.29, 1.82) is 0 Å². The van der Waals surface area contributed by atoms with Gasteiger partial charge in [0, 0.05) is 12.1 Å². The van der Waals surface area contributed by atoms with Gasteiger partial charge in [-0.1, -0.05) is 26.7 Å². The summed E-state index contributed by atoms with van der Waals surface area (Å²) in [6.45, 7) is 8.18. The molecule has 0 aromatic carbocycles. The highest BCUT2D eigenvalue weighted by atomic mass is 15.2. The van der Waals surface area contributed by atoms with E-state index < -0.39 is 0 Å². The first kappa shape index (κ1) is 12.4. The lowest BCUT2D eigenvalue weighted by Crippen LogP contribution is -2.61. The van der Waals surface area contributed by atoms with Gasteiger partial charge in [-0.25, -0.2) is 0 Å². The third kappa shape index (κ3) is 1.91. The molecule has 0 radical (unpaired) electrons. The van der Waals surface area contributed by atoms with Crippen molar-refractivity contribution in [2.75, 3.05) is 19.6 Å². The summed E-state index contributed by atoms with van der Waals surface area (Å²) < 4.78 is 0. The van der Waals surface area contributed by atoms with E-state index in [0.29, 0.717) is 11.0 Å². The molecule has 16 heavy (non-hydrogen) atoms. The fourth-order valence-corrected chi connectivity index (χ4v) is 3.65. The minimum atomic E-state index is 0.410. The monoisotopic (exact) mass is 224 g/mol. The molecule has 2 rings (SSSR count). The van der Waals surface area contributed by atoms with Crippen LogP contribution in [0.25, 0.3) is 0 Å². The molecular weight excluding hydrogens is 196 g/mol. The first-order valence-electron chi connectivity index (χ1n) is 7.15. The smallest absolute Gasteiger partial charge is 0.0331 e. The van der Waals surface area contributed by atoms with Crippen LogP contribution in [-0.2, 0) is 0 Å². The van der Waals surface area contributed by atoms with Crippen LogP contribution in [0.3, 0.4) is 0 Å². The maximum absolute atomic E-state index is 5.99. The number of rotatable bonds is 4. The van der Waals surface area contributed by atoms with Gasteiger partial charge in [-0.3, -0.25) is 4.90 Å². The SMILES string of the molecule is CCC1(CC)CCN(C2(CN)CCC2)CC1. The Hall–Kier alpha value is -0.0800. The number of nitrogens with two attached hydrogens (primary N) is 1. The zero-order valence-electron chi connectivity index (χ0n) is 11.1. The van der Waals surface area contributed by atoms with E-state index in [0.717, 1.165) is 6.54 Å². The molecule has 2 heteroatoms.